The Morgan fingerprint density at radius 1 is 1.31 bits per heavy atom. The molecule has 2 fully saturated rings. The third kappa shape index (κ3) is 4.63. The van der Waals surface area contributed by atoms with Crippen LogP contribution in [0.5, 0.6) is 0 Å². The van der Waals surface area contributed by atoms with Gasteiger partial charge in [0.25, 0.3) is 0 Å². The molecule has 160 valence electrons. The fourth-order valence-electron chi connectivity index (χ4n) is 4.12. The zero-order valence-corrected chi connectivity index (χ0v) is 17.2. The second-order valence-electron chi connectivity index (χ2n) is 8.32. The van der Waals surface area contributed by atoms with Gasteiger partial charge in [-0.2, -0.15) is 0 Å². The molecule has 7 heteroatoms. The minimum Gasteiger partial charge on any atom is -0.463 e. The van der Waals surface area contributed by atoms with Crippen LogP contribution >= 0.6 is 0 Å². The van der Waals surface area contributed by atoms with E-state index in [4.69, 9.17) is 14.2 Å². The first-order valence-corrected chi connectivity index (χ1v) is 10.0. The lowest BCUT2D eigenvalue weighted by atomic mass is 9.83. The number of epoxide rings is 1. The number of esters is 2. The second-order valence-corrected chi connectivity index (χ2v) is 8.32. The summed E-state index contributed by atoms with van der Waals surface area (Å²) >= 11 is 0. The summed E-state index contributed by atoms with van der Waals surface area (Å²) in [4.78, 5) is 23.5. The third-order valence-electron chi connectivity index (χ3n) is 6.24. The lowest BCUT2D eigenvalue weighted by Gasteiger charge is -2.24. The molecule has 0 aromatic heterocycles. The van der Waals surface area contributed by atoms with Crippen molar-refractivity contribution in [3.05, 3.63) is 35.5 Å². The van der Waals surface area contributed by atoms with Crippen LogP contribution in [0.3, 0.4) is 0 Å². The average molecular weight is 406 g/mol. The molecule has 1 aliphatic carbocycles. The van der Waals surface area contributed by atoms with Gasteiger partial charge >= 0.3 is 11.9 Å². The Bertz CT molecular complexity index is 752. The van der Waals surface area contributed by atoms with E-state index in [9.17, 15) is 19.8 Å². The molecule has 6 atom stereocenters. The molecule has 0 radical (unpaired) electrons. The standard InChI is InChI=1S/C22H30O7/c1-12-6-5-9-22(11-27-15(4)23)18(29-22)10-16-14(3)21(26)28-20(16)19(25)13(2)7-8-17(12)24/h6-7,16-20,24-25H,3,5,8-11H2,1-2,4H3. The van der Waals surface area contributed by atoms with E-state index in [1.165, 1.54) is 6.92 Å². The number of carbonyl (C=O) groups is 2. The van der Waals surface area contributed by atoms with Crippen molar-refractivity contribution in [3.63, 3.8) is 0 Å². The van der Waals surface area contributed by atoms with Gasteiger partial charge in [0.15, 0.2) is 0 Å². The molecule has 0 amide bonds. The first-order valence-electron chi connectivity index (χ1n) is 10.0. The first kappa shape index (κ1) is 21.7. The minimum absolute atomic E-state index is 0.128. The number of ether oxygens (including phenoxy) is 3. The second kappa shape index (κ2) is 8.42. The highest BCUT2D eigenvalue weighted by Gasteiger charge is 2.59. The minimum atomic E-state index is -0.996. The molecule has 2 heterocycles. The van der Waals surface area contributed by atoms with Crippen LogP contribution in [0.1, 0.15) is 46.5 Å². The highest BCUT2D eigenvalue weighted by molar-refractivity contribution is 5.91. The number of hydrogen-bond acceptors (Lipinski definition) is 7. The SMILES string of the molecule is C=C1C(=O)OC2C(O)C(C)=CCC(O)C(C)=CCCC3(COC(C)=O)OC3CC12. The van der Waals surface area contributed by atoms with Gasteiger partial charge in [0.05, 0.1) is 12.2 Å². The molecule has 2 aliphatic heterocycles. The van der Waals surface area contributed by atoms with Gasteiger partial charge in [0, 0.05) is 18.4 Å². The highest BCUT2D eigenvalue weighted by Crippen LogP contribution is 2.48. The highest BCUT2D eigenvalue weighted by atomic mass is 16.6. The number of aliphatic hydroxyl groups excluding tert-OH is 2. The molecule has 6 unspecified atom stereocenters. The summed E-state index contributed by atoms with van der Waals surface area (Å²) in [7, 11) is 0. The molecule has 0 aromatic carbocycles. The fourth-order valence-corrected chi connectivity index (χ4v) is 4.12. The average Bonchev–Trinajstić information content (AvgIpc) is 3.29. The molecule has 0 aromatic rings. The molecule has 3 aliphatic rings. The van der Waals surface area contributed by atoms with E-state index in [1.54, 1.807) is 13.0 Å². The lowest BCUT2D eigenvalue weighted by molar-refractivity contribution is -0.143. The topological polar surface area (TPSA) is 106 Å². The number of rotatable bonds is 2. The van der Waals surface area contributed by atoms with Crippen LogP contribution in [0.25, 0.3) is 0 Å². The summed E-state index contributed by atoms with van der Waals surface area (Å²) in [6.07, 6.45) is 3.18. The smallest absolute Gasteiger partial charge is 0.334 e. The van der Waals surface area contributed by atoms with Crippen molar-refractivity contribution in [3.8, 4) is 0 Å². The Balaban J connectivity index is 1.88. The molecule has 7 nitrogen and oxygen atoms in total. The van der Waals surface area contributed by atoms with Crippen LogP contribution in [-0.4, -0.2) is 58.8 Å². The largest absolute Gasteiger partial charge is 0.463 e. The molecule has 0 spiro atoms. The summed E-state index contributed by atoms with van der Waals surface area (Å²) in [5.41, 5.74) is 1.15. The summed E-state index contributed by atoms with van der Waals surface area (Å²) in [5, 5.41) is 21.2. The number of aliphatic hydroxyl groups is 2. The Labute approximate surface area is 171 Å². The van der Waals surface area contributed by atoms with Gasteiger partial charge in [-0.25, -0.2) is 4.79 Å². The molecule has 3 rings (SSSR count). The van der Waals surface area contributed by atoms with E-state index in [0.717, 1.165) is 5.57 Å². The molecular formula is C22H30O7. The van der Waals surface area contributed by atoms with Gasteiger partial charge in [-0.1, -0.05) is 18.7 Å². The van der Waals surface area contributed by atoms with Crippen LogP contribution in [-0.2, 0) is 23.8 Å². The summed E-state index contributed by atoms with van der Waals surface area (Å²) in [6, 6.07) is 0. The van der Waals surface area contributed by atoms with E-state index in [0.29, 0.717) is 36.8 Å². The Kier molecular flexibility index (Phi) is 6.31. The third-order valence-corrected chi connectivity index (χ3v) is 6.24. The summed E-state index contributed by atoms with van der Waals surface area (Å²) in [6.45, 7) is 8.95. The van der Waals surface area contributed by atoms with Crippen LogP contribution in [0, 0.1) is 5.92 Å². The summed E-state index contributed by atoms with van der Waals surface area (Å²) < 4.78 is 16.6. The van der Waals surface area contributed by atoms with E-state index >= 15 is 0 Å². The Morgan fingerprint density at radius 2 is 2.03 bits per heavy atom. The van der Waals surface area contributed by atoms with Crippen LogP contribution < -0.4 is 0 Å². The van der Waals surface area contributed by atoms with Gasteiger partial charge in [-0.3, -0.25) is 4.79 Å². The van der Waals surface area contributed by atoms with Crippen molar-refractivity contribution in [1.82, 2.24) is 0 Å². The number of carbonyl (C=O) groups excluding carboxylic acids is 2. The first-order chi connectivity index (χ1) is 13.6. The molecule has 29 heavy (non-hydrogen) atoms. The monoisotopic (exact) mass is 406 g/mol. The van der Waals surface area contributed by atoms with Crippen molar-refractivity contribution in [2.24, 2.45) is 5.92 Å². The van der Waals surface area contributed by atoms with Gasteiger partial charge in [-0.05, 0) is 50.7 Å². The predicted molar refractivity (Wildman–Crippen MR) is 105 cm³/mol. The van der Waals surface area contributed by atoms with E-state index < -0.39 is 35.8 Å². The van der Waals surface area contributed by atoms with Crippen molar-refractivity contribution in [2.75, 3.05) is 6.61 Å². The van der Waals surface area contributed by atoms with Crippen LogP contribution in [0.2, 0.25) is 0 Å². The molecule has 0 bridgehead atoms. The van der Waals surface area contributed by atoms with E-state index in [2.05, 4.69) is 6.58 Å². The van der Waals surface area contributed by atoms with Crippen molar-refractivity contribution in [1.29, 1.82) is 0 Å². The lowest BCUT2D eigenvalue weighted by Crippen LogP contribution is -2.34. The van der Waals surface area contributed by atoms with Crippen molar-refractivity contribution in [2.45, 2.75) is 76.5 Å². The molecule has 2 N–H and O–H groups in total. The van der Waals surface area contributed by atoms with E-state index in [-0.39, 0.29) is 18.7 Å². The number of allylic oxidation sites excluding steroid dienone is 1. The van der Waals surface area contributed by atoms with Crippen LogP contribution in [0.4, 0.5) is 0 Å². The molecule has 2 saturated heterocycles. The predicted octanol–water partition coefficient (Wildman–Crippen LogP) is 1.97. The van der Waals surface area contributed by atoms with Crippen molar-refractivity contribution >= 4 is 11.9 Å². The Hall–Kier alpha value is -1.96. The number of fused-ring (bicyclic) bond motifs is 2. The van der Waals surface area contributed by atoms with Gasteiger partial charge in [-0.15, -0.1) is 0 Å². The zero-order chi connectivity index (χ0) is 21.3. The maximum atomic E-state index is 12.1. The maximum Gasteiger partial charge on any atom is 0.334 e. The van der Waals surface area contributed by atoms with Gasteiger partial charge < -0.3 is 24.4 Å². The molecule has 0 saturated carbocycles. The van der Waals surface area contributed by atoms with Crippen molar-refractivity contribution < 1.29 is 34.0 Å². The normalized spacial score (nSPS) is 38.0. The number of hydrogen-bond donors (Lipinski definition) is 2. The fraction of sp³-hybridized carbons (Fsp3) is 0.636. The summed E-state index contributed by atoms with van der Waals surface area (Å²) in [5.74, 6) is -1.29. The zero-order valence-electron chi connectivity index (χ0n) is 17.2. The van der Waals surface area contributed by atoms with E-state index in [1.807, 2.05) is 13.0 Å². The van der Waals surface area contributed by atoms with Gasteiger partial charge in [0.2, 0.25) is 0 Å². The quantitative estimate of drug-likeness (QED) is 0.313. The maximum absolute atomic E-state index is 12.1. The molecular weight excluding hydrogens is 376 g/mol. The Morgan fingerprint density at radius 3 is 2.72 bits per heavy atom. The van der Waals surface area contributed by atoms with Crippen LogP contribution in [0.15, 0.2) is 35.5 Å². The van der Waals surface area contributed by atoms with Gasteiger partial charge in [0.1, 0.15) is 24.4 Å².